The third-order valence-corrected chi connectivity index (χ3v) is 3.59. The molecular weight excluding hydrogens is 242 g/mol. The zero-order valence-electron chi connectivity index (χ0n) is 12.0. The lowest BCUT2D eigenvalue weighted by Crippen LogP contribution is -2.38. The number of nitrogens with zero attached hydrogens (tertiary/aromatic N) is 4. The highest BCUT2D eigenvalue weighted by atomic mass is 16.5. The highest BCUT2D eigenvalue weighted by Crippen LogP contribution is 2.16. The van der Waals surface area contributed by atoms with E-state index in [-0.39, 0.29) is 0 Å². The van der Waals surface area contributed by atoms with E-state index >= 15 is 0 Å². The fraction of sp³-hybridized carbons (Fsp3) is 0.846. The number of hydrogen-bond acceptors (Lipinski definition) is 5. The monoisotopic (exact) mass is 267 g/mol. The molecule has 108 valence electrons. The van der Waals surface area contributed by atoms with Crippen molar-refractivity contribution in [2.24, 2.45) is 5.92 Å². The van der Waals surface area contributed by atoms with Gasteiger partial charge in [-0.3, -0.25) is 4.68 Å². The molecule has 0 saturated carbocycles. The Kier molecular flexibility index (Phi) is 5.75. The van der Waals surface area contributed by atoms with Gasteiger partial charge >= 0.3 is 0 Å². The van der Waals surface area contributed by atoms with Gasteiger partial charge in [0.1, 0.15) is 0 Å². The van der Waals surface area contributed by atoms with Crippen LogP contribution in [0.5, 0.6) is 0 Å². The normalized spacial score (nSPS) is 20.8. The number of ether oxygens (including phenoxy) is 1. The van der Waals surface area contributed by atoms with Gasteiger partial charge < -0.3 is 15.0 Å². The summed E-state index contributed by atoms with van der Waals surface area (Å²) < 4.78 is 7.20. The molecule has 1 saturated heterocycles. The summed E-state index contributed by atoms with van der Waals surface area (Å²) in [7, 11) is 3.71. The zero-order chi connectivity index (χ0) is 13.5. The molecule has 1 aliphatic rings. The SMILES string of the molecule is CNCc1cn(CCN2CCCC(COC)C2)nn1. The standard InChI is InChI=1S/C13H25N5O/c1-14-8-13-10-18(16-15-13)7-6-17-5-3-4-12(9-17)11-19-2/h10,12,14H,3-9,11H2,1-2H3. The van der Waals surface area contributed by atoms with E-state index in [4.69, 9.17) is 4.74 Å². The van der Waals surface area contributed by atoms with Crippen molar-refractivity contribution in [1.29, 1.82) is 0 Å². The first-order valence-electron chi connectivity index (χ1n) is 7.06. The average molecular weight is 267 g/mol. The van der Waals surface area contributed by atoms with Crippen LogP contribution in [0.4, 0.5) is 0 Å². The largest absolute Gasteiger partial charge is 0.384 e. The van der Waals surface area contributed by atoms with E-state index in [1.54, 1.807) is 7.11 Å². The number of nitrogens with one attached hydrogen (secondary N) is 1. The molecule has 1 unspecified atom stereocenters. The van der Waals surface area contributed by atoms with E-state index in [0.29, 0.717) is 5.92 Å². The van der Waals surface area contributed by atoms with E-state index in [2.05, 4.69) is 20.5 Å². The fourth-order valence-electron chi connectivity index (χ4n) is 2.68. The molecule has 0 radical (unpaired) electrons. The maximum Gasteiger partial charge on any atom is 0.0964 e. The van der Waals surface area contributed by atoms with Crippen molar-refractivity contribution in [3.8, 4) is 0 Å². The topological polar surface area (TPSA) is 55.2 Å². The van der Waals surface area contributed by atoms with Crippen molar-refractivity contribution in [3.05, 3.63) is 11.9 Å². The van der Waals surface area contributed by atoms with Crippen LogP contribution in [-0.4, -0.2) is 60.3 Å². The highest BCUT2D eigenvalue weighted by molar-refractivity contribution is 4.91. The summed E-state index contributed by atoms with van der Waals surface area (Å²) >= 11 is 0. The first-order chi connectivity index (χ1) is 9.31. The molecule has 6 heteroatoms. The number of methoxy groups -OCH3 is 1. The summed E-state index contributed by atoms with van der Waals surface area (Å²) in [6.07, 6.45) is 4.59. The van der Waals surface area contributed by atoms with E-state index in [9.17, 15) is 0 Å². The van der Waals surface area contributed by atoms with Crippen molar-refractivity contribution >= 4 is 0 Å². The lowest BCUT2D eigenvalue weighted by atomic mass is 9.99. The van der Waals surface area contributed by atoms with Crippen molar-refractivity contribution in [3.63, 3.8) is 0 Å². The van der Waals surface area contributed by atoms with Gasteiger partial charge in [0.25, 0.3) is 0 Å². The van der Waals surface area contributed by atoms with Crippen LogP contribution < -0.4 is 5.32 Å². The van der Waals surface area contributed by atoms with Crippen molar-refractivity contribution in [2.45, 2.75) is 25.9 Å². The molecule has 6 nitrogen and oxygen atoms in total. The van der Waals surface area contributed by atoms with Crippen LogP contribution in [0.3, 0.4) is 0 Å². The Labute approximate surface area is 115 Å². The molecule has 2 heterocycles. The molecular formula is C13H25N5O. The van der Waals surface area contributed by atoms with Crippen LogP contribution in [0.15, 0.2) is 6.20 Å². The predicted molar refractivity (Wildman–Crippen MR) is 73.8 cm³/mol. The molecule has 0 spiro atoms. The Morgan fingerprint density at radius 1 is 1.47 bits per heavy atom. The molecule has 2 rings (SSSR count). The van der Waals surface area contributed by atoms with Gasteiger partial charge in [-0.05, 0) is 32.4 Å². The molecule has 1 aromatic rings. The van der Waals surface area contributed by atoms with Gasteiger partial charge in [0.2, 0.25) is 0 Å². The molecule has 1 aromatic heterocycles. The molecule has 0 bridgehead atoms. The van der Waals surface area contributed by atoms with Gasteiger partial charge in [-0.15, -0.1) is 5.10 Å². The minimum Gasteiger partial charge on any atom is -0.384 e. The van der Waals surface area contributed by atoms with Crippen LogP contribution >= 0.6 is 0 Å². The third kappa shape index (κ3) is 4.56. The second-order valence-corrected chi connectivity index (χ2v) is 5.27. The number of likely N-dealkylation sites (tertiary alicyclic amines) is 1. The van der Waals surface area contributed by atoms with E-state index in [1.165, 1.54) is 19.4 Å². The Morgan fingerprint density at radius 3 is 3.16 bits per heavy atom. The predicted octanol–water partition coefficient (Wildman–Crippen LogP) is 0.356. The first kappa shape index (κ1) is 14.4. The zero-order valence-corrected chi connectivity index (χ0v) is 12.0. The van der Waals surface area contributed by atoms with Crippen LogP contribution in [0.25, 0.3) is 0 Å². The summed E-state index contributed by atoms with van der Waals surface area (Å²) in [6.45, 7) is 5.95. The average Bonchev–Trinajstić information content (AvgIpc) is 2.86. The van der Waals surface area contributed by atoms with Gasteiger partial charge in [0.05, 0.1) is 18.8 Å². The fourth-order valence-corrected chi connectivity index (χ4v) is 2.68. The quantitative estimate of drug-likeness (QED) is 0.773. The van der Waals surface area contributed by atoms with Gasteiger partial charge in [-0.2, -0.15) is 0 Å². The smallest absolute Gasteiger partial charge is 0.0964 e. The van der Waals surface area contributed by atoms with E-state index in [1.807, 2.05) is 17.9 Å². The third-order valence-electron chi connectivity index (χ3n) is 3.59. The molecule has 1 N–H and O–H groups in total. The van der Waals surface area contributed by atoms with Crippen molar-refractivity contribution < 1.29 is 4.74 Å². The highest BCUT2D eigenvalue weighted by Gasteiger charge is 2.19. The summed E-state index contributed by atoms with van der Waals surface area (Å²) in [4.78, 5) is 2.51. The van der Waals surface area contributed by atoms with Crippen molar-refractivity contribution in [2.75, 3.05) is 40.4 Å². The maximum absolute atomic E-state index is 5.26. The maximum atomic E-state index is 5.26. The van der Waals surface area contributed by atoms with Crippen molar-refractivity contribution in [1.82, 2.24) is 25.2 Å². The lowest BCUT2D eigenvalue weighted by Gasteiger charge is -2.32. The number of aromatic nitrogens is 3. The summed E-state index contributed by atoms with van der Waals surface area (Å²) in [5, 5.41) is 11.4. The van der Waals surface area contributed by atoms with Gasteiger partial charge in [0, 0.05) is 32.9 Å². The minimum atomic E-state index is 0.689. The molecule has 1 aliphatic heterocycles. The molecule has 0 amide bonds. The Balaban J connectivity index is 1.74. The van der Waals surface area contributed by atoms with Gasteiger partial charge in [-0.1, -0.05) is 5.21 Å². The molecule has 0 aromatic carbocycles. The second kappa shape index (κ2) is 7.57. The summed E-state index contributed by atoms with van der Waals surface area (Å²) in [6, 6.07) is 0. The van der Waals surface area contributed by atoms with E-state index < -0.39 is 0 Å². The number of hydrogen-bond donors (Lipinski definition) is 1. The van der Waals surface area contributed by atoms with Crippen LogP contribution in [0, 0.1) is 5.92 Å². The van der Waals surface area contributed by atoms with Crippen LogP contribution in [0.2, 0.25) is 0 Å². The number of piperidine rings is 1. The molecule has 1 atom stereocenters. The second-order valence-electron chi connectivity index (χ2n) is 5.27. The summed E-state index contributed by atoms with van der Waals surface area (Å²) in [5.41, 5.74) is 0.999. The molecule has 0 aliphatic carbocycles. The van der Waals surface area contributed by atoms with Gasteiger partial charge in [-0.25, -0.2) is 0 Å². The summed E-state index contributed by atoms with van der Waals surface area (Å²) in [5.74, 6) is 0.689. The Morgan fingerprint density at radius 2 is 2.37 bits per heavy atom. The lowest BCUT2D eigenvalue weighted by molar-refractivity contribution is 0.0884. The van der Waals surface area contributed by atoms with E-state index in [0.717, 1.165) is 38.5 Å². The van der Waals surface area contributed by atoms with Gasteiger partial charge in [0.15, 0.2) is 0 Å². The minimum absolute atomic E-state index is 0.689. The number of rotatable bonds is 7. The van der Waals surface area contributed by atoms with Crippen LogP contribution in [-0.2, 0) is 17.8 Å². The Hall–Kier alpha value is -0.980. The van der Waals surface area contributed by atoms with Crippen LogP contribution in [0.1, 0.15) is 18.5 Å². The first-order valence-corrected chi connectivity index (χ1v) is 7.06. The molecule has 19 heavy (non-hydrogen) atoms. The molecule has 1 fully saturated rings. The Bertz CT molecular complexity index is 366.